The van der Waals surface area contributed by atoms with Crippen LogP contribution in [0.2, 0.25) is 0 Å². The second kappa shape index (κ2) is 8.76. The van der Waals surface area contributed by atoms with E-state index in [0.29, 0.717) is 25.2 Å². The Morgan fingerprint density at radius 2 is 1.68 bits per heavy atom. The summed E-state index contributed by atoms with van der Waals surface area (Å²) >= 11 is 0. The molecule has 3 aromatic rings. The zero-order valence-electron chi connectivity index (χ0n) is 19.3. The Morgan fingerprint density at radius 1 is 0.941 bits per heavy atom. The highest BCUT2D eigenvalue weighted by Crippen LogP contribution is 2.38. The van der Waals surface area contributed by atoms with Gasteiger partial charge in [0.15, 0.2) is 0 Å². The maximum absolute atomic E-state index is 13.6. The fraction of sp³-hybridized carbons (Fsp3) is 0.346. The van der Waals surface area contributed by atoms with Crippen LogP contribution in [0.1, 0.15) is 23.6 Å². The van der Waals surface area contributed by atoms with E-state index in [9.17, 15) is 17.6 Å². The van der Waals surface area contributed by atoms with Crippen molar-refractivity contribution >= 4 is 10.0 Å². The van der Waals surface area contributed by atoms with Crippen LogP contribution >= 0.6 is 0 Å². The molecular weight excluding hydrogens is 453 g/mol. The molecule has 178 valence electrons. The van der Waals surface area contributed by atoms with Crippen LogP contribution in [0.25, 0.3) is 11.1 Å². The van der Waals surface area contributed by atoms with Gasteiger partial charge >= 0.3 is 0 Å². The Labute approximate surface area is 199 Å². The fourth-order valence-corrected chi connectivity index (χ4v) is 6.88. The minimum atomic E-state index is -3.73. The predicted octanol–water partition coefficient (Wildman–Crippen LogP) is 3.52. The molecule has 2 aliphatic rings. The van der Waals surface area contributed by atoms with Crippen LogP contribution in [-0.4, -0.2) is 49.4 Å². The quantitative estimate of drug-likeness (QED) is 0.560. The molecule has 0 N–H and O–H groups in total. The Bertz CT molecular complexity index is 1380. The van der Waals surface area contributed by atoms with Crippen molar-refractivity contribution in [3.63, 3.8) is 0 Å². The average molecular weight is 482 g/mol. The van der Waals surface area contributed by atoms with E-state index in [2.05, 4.69) is 4.90 Å². The lowest BCUT2D eigenvalue weighted by atomic mass is 9.83. The number of benzene rings is 2. The van der Waals surface area contributed by atoms with Gasteiger partial charge < -0.3 is 9.47 Å². The number of rotatable bonds is 5. The average Bonchev–Trinajstić information content (AvgIpc) is 2.80. The van der Waals surface area contributed by atoms with Crippen molar-refractivity contribution in [1.29, 1.82) is 0 Å². The highest BCUT2D eigenvalue weighted by Gasteiger charge is 2.39. The van der Waals surface area contributed by atoms with Crippen LogP contribution in [0.3, 0.4) is 0 Å². The molecule has 8 heteroatoms. The Morgan fingerprint density at radius 3 is 2.41 bits per heavy atom. The van der Waals surface area contributed by atoms with Gasteiger partial charge in [-0.15, -0.1) is 0 Å². The van der Waals surface area contributed by atoms with Crippen molar-refractivity contribution in [2.24, 2.45) is 5.92 Å². The molecule has 1 fully saturated rings. The molecule has 0 unspecified atom stereocenters. The van der Waals surface area contributed by atoms with Crippen LogP contribution in [0.4, 0.5) is 4.39 Å². The lowest BCUT2D eigenvalue weighted by Gasteiger charge is -2.42. The molecule has 2 aliphatic heterocycles. The van der Waals surface area contributed by atoms with Gasteiger partial charge in [0.25, 0.3) is 5.56 Å². The maximum Gasteiger partial charge on any atom is 0.258 e. The van der Waals surface area contributed by atoms with Crippen molar-refractivity contribution in [1.82, 2.24) is 13.8 Å². The third-order valence-electron chi connectivity index (χ3n) is 6.82. The number of pyridine rings is 1. The summed E-state index contributed by atoms with van der Waals surface area (Å²) < 4.78 is 43.1. The molecular formula is C26H28FN3O3S. The van der Waals surface area contributed by atoms with Crippen LogP contribution in [0, 0.1) is 11.7 Å². The number of halogens is 1. The Balaban J connectivity index is 1.49. The molecule has 1 saturated heterocycles. The summed E-state index contributed by atoms with van der Waals surface area (Å²) in [7, 11) is 0.280. The van der Waals surface area contributed by atoms with Crippen LogP contribution in [-0.2, 0) is 23.1 Å². The van der Waals surface area contributed by atoms with Crippen molar-refractivity contribution in [3.05, 3.63) is 88.1 Å². The Hall–Kier alpha value is -2.81. The lowest BCUT2D eigenvalue weighted by Crippen LogP contribution is -2.49. The zero-order valence-corrected chi connectivity index (χ0v) is 20.1. The third kappa shape index (κ3) is 4.10. The minimum Gasteiger partial charge on any atom is -0.311 e. The smallest absolute Gasteiger partial charge is 0.258 e. The minimum absolute atomic E-state index is 0.0201. The highest BCUT2D eigenvalue weighted by molar-refractivity contribution is 7.89. The first-order valence-electron chi connectivity index (χ1n) is 11.5. The summed E-state index contributed by atoms with van der Waals surface area (Å²) in [6.07, 6.45) is 0.853. The van der Waals surface area contributed by atoms with Crippen LogP contribution in [0.15, 0.2) is 70.4 Å². The molecule has 0 spiro atoms. The fourth-order valence-electron chi connectivity index (χ4n) is 5.32. The molecule has 2 bridgehead atoms. The van der Waals surface area contributed by atoms with Gasteiger partial charge in [-0.3, -0.25) is 4.79 Å². The summed E-state index contributed by atoms with van der Waals surface area (Å²) in [5, 5.41) is 0. The number of hydrogen-bond donors (Lipinski definition) is 0. The van der Waals surface area contributed by atoms with Gasteiger partial charge in [0.1, 0.15) is 5.82 Å². The van der Waals surface area contributed by atoms with E-state index in [-0.39, 0.29) is 22.3 Å². The molecule has 3 heterocycles. The topological polar surface area (TPSA) is 62.6 Å². The van der Waals surface area contributed by atoms with E-state index in [1.165, 1.54) is 28.6 Å². The first kappa shape index (κ1) is 23.0. The van der Waals surface area contributed by atoms with Crippen LogP contribution < -0.4 is 5.56 Å². The highest BCUT2D eigenvalue weighted by atomic mass is 32.2. The van der Waals surface area contributed by atoms with Gasteiger partial charge in [0.05, 0.1) is 4.90 Å². The second-order valence-corrected chi connectivity index (χ2v) is 11.5. The predicted molar refractivity (Wildman–Crippen MR) is 130 cm³/mol. The summed E-state index contributed by atoms with van der Waals surface area (Å²) in [6, 6.07) is 16.8. The number of piperidine rings is 1. The molecule has 2 aromatic carbocycles. The van der Waals surface area contributed by atoms with Gasteiger partial charge in [0, 0.05) is 43.4 Å². The summed E-state index contributed by atoms with van der Waals surface area (Å²) in [4.78, 5) is 15.8. The van der Waals surface area contributed by atoms with Gasteiger partial charge in [-0.25, -0.2) is 12.8 Å². The number of hydrogen-bond acceptors (Lipinski definition) is 4. The number of sulfonamides is 1. The Kier molecular flexibility index (Phi) is 5.91. The normalized spacial score (nSPS) is 20.4. The van der Waals surface area contributed by atoms with Gasteiger partial charge in [-0.1, -0.05) is 24.3 Å². The van der Waals surface area contributed by atoms with E-state index in [1.807, 2.05) is 55.1 Å². The van der Waals surface area contributed by atoms with Crippen molar-refractivity contribution in [3.8, 4) is 11.1 Å². The second-order valence-electron chi connectivity index (χ2n) is 9.56. The number of fused-ring (bicyclic) bond motifs is 4. The van der Waals surface area contributed by atoms with E-state index in [1.54, 1.807) is 0 Å². The van der Waals surface area contributed by atoms with Gasteiger partial charge in [-0.2, -0.15) is 4.31 Å². The molecule has 1 aromatic heterocycles. The number of aromatic nitrogens is 1. The van der Waals surface area contributed by atoms with Crippen molar-refractivity contribution in [2.45, 2.75) is 30.3 Å². The molecule has 34 heavy (non-hydrogen) atoms. The molecule has 0 amide bonds. The summed E-state index contributed by atoms with van der Waals surface area (Å²) in [5.74, 6) is -0.473. The van der Waals surface area contributed by atoms with Gasteiger partial charge in [-0.05, 0) is 74.0 Å². The van der Waals surface area contributed by atoms with Crippen LogP contribution in [0.5, 0.6) is 0 Å². The molecule has 6 nitrogen and oxygen atoms in total. The van der Waals surface area contributed by atoms with E-state index in [4.69, 9.17) is 0 Å². The zero-order chi connectivity index (χ0) is 24.0. The largest absolute Gasteiger partial charge is 0.311 e. The first-order valence-corrected chi connectivity index (χ1v) is 12.9. The summed E-state index contributed by atoms with van der Waals surface area (Å²) in [6.45, 7) is 1.89. The van der Waals surface area contributed by atoms with E-state index in [0.717, 1.165) is 29.8 Å². The third-order valence-corrected chi connectivity index (χ3v) is 8.66. The van der Waals surface area contributed by atoms with Crippen molar-refractivity contribution in [2.75, 3.05) is 27.2 Å². The molecule has 2 atom stereocenters. The summed E-state index contributed by atoms with van der Waals surface area (Å²) in [5.41, 5.74) is 3.57. The molecule has 0 aliphatic carbocycles. The standard InChI is InChI=1S/C26H28FN3O3S/c1-28(2)16-19-5-3-4-6-23(19)24-11-12-25-20-13-18(15-30(25)26(24)31)14-29(17-20)34(32,33)22-9-7-21(27)8-10-22/h3-12,18,20H,13-17H2,1-2H3/t18-,20+/m0/s1. The first-order chi connectivity index (χ1) is 16.2. The maximum atomic E-state index is 13.6. The molecule has 0 radical (unpaired) electrons. The SMILES string of the molecule is CN(C)Cc1ccccc1-c1ccc2n(c1=O)C[C@H]1C[C@@H]2CN(S(=O)(=O)c2ccc(F)cc2)C1. The van der Waals surface area contributed by atoms with E-state index >= 15 is 0 Å². The molecule has 5 rings (SSSR count). The lowest BCUT2D eigenvalue weighted by molar-refractivity contribution is 0.186. The van der Waals surface area contributed by atoms with Gasteiger partial charge in [0.2, 0.25) is 10.0 Å². The monoisotopic (exact) mass is 481 g/mol. The van der Waals surface area contributed by atoms with E-state index < -0.39 is 15.8 Å². The number of nitrogens with zero attached hydrogens (tertiary/aromatic N) is 3. The molecule has 0 saturated carbocycles. The van der Waals surface area contributed by atoms with Crippen molar-refractivity contribution < 1.29 is 12.8 Å².